The van der Waals surface area contributed by atoms with E-state index in [9.17, 15) is 9.59 Å². The maximum atomic E-state index is 12.0. The summed E-state index contributed by atoms with van der Waals surface area (Å²) in [4.78, 5) is 27.3. The minimum atomic E-state index is -1.04. The molecule has 26 heavy (non-hydrogen) atoms. The van der Waals surface area contributed by atoms with E-state index in [0.717, 1.165) is 0 Å². The molecule has 2 N–H and O–H groups in total. The van der Waals surface area contributed by atoms with Crippen LogP contribution in [0.15, 0.2) is 28.8 Å². The molecule has 0 aliphatic rings. The fourth-order valence-corrected chi connectivity index (χ4v) is 2.92. The standard InChI is InChI=1S/C18H20Cl2N2O4/c1-10(2)7-14(18(24)25)22-16(23)5-6-17-21-9-15(26-17)12-4-3-11(19)8-13(12)20/h3-4,8-10,14H,5-7H2,1-2H3,(H,22,23)(H,24,25)/t14-/m1/s1. The van der Waals surface area contributed by atoms with Crippen molar-refractivity contribution in [2.75, 3.05) is 0 Å². The number of amides is 1. The third kappa shape index (κ3) is 5.75. The number of nitrogens with zero attached hydrogens (tertiary/aromatic N) is 1. The summed E-state index contributed by atoms with van der Waals surface area (Å²) in [7, 11) is 0. The normalized spacial score (nSPS) is 12.2. The van der Waals surface area contributed by atoms with Gasteiger partial charge in [-0.15, -0.1) is 0 Å². The number of aromatic nitrogens is 1. The second-order valence-corrected chi connectivity index (χ2v) is 7.17. The highest BCUT2D eigenvalue weighted by atomic mass is 35.5. The summed E-state index contributed by atoms with van der Waals surface area (Å²) in [6.07, 6.45) is 2.24. The molecule has 140 valence electrons. The van der Waals surface area contributed by atoms with Gasteiger partial charge in [0, 0.05) is 23.4 Å². The molecule has 0 saturated carbocycles. The van der Waals surface area contributed by atoms with Gasteiger partial charge in [-0.05, 0) is 30.5 Å². The van der Waals surface area contributed by atoms with E-state index in [-0.39, 0.29) is 24.7 Å². The summed E-state index contributed by atoms with van der Waals surface area (Å²) in [5.74, 6) is -0.387. The Morgan fingerprint density at radius 2 is 2.04 bits per heavy atom. The van der Waals surface area contributed by atoms with Crippen LogP contribution >= 0.6 is 23.2 Å². The lowest BCUT2D eigenvalue weighted by Gasteiger charge is -2.16. The quantitative estimate of drug-likeness (QED) is 0.694. The second kappa shape index (κ2) is 9.05. The van der Waals surface area contributed by atoms with Crippen LogP contribution in [0.1, 0.15) is 32.6 Å². The van der Waals surface area contributed by atoms with Crippen molar-refractivity contribution in [1.82, 2.24) is 10.3 Å². The van der Waals surface area contributed by atoms with E-state index in [4.69, 9.17) is 32.7 Å². The predicted octanol–water partition coefficient (Wildman–Crippen LogP) is 4.20. The molecule has 1 heterocycles. The zero-order chi connectivity index (χ0) is 19.3. The Balaban J connectivity index is 1.95. The van der Waals surface area contributed by atoms with Crippen LogP contribution in [0.25, 0.3) is 11.3 Å². The number of carbonyl (C=O) groups is 2. The molecule has 0 bridgehead atoms. The number of hydrogen-bond donors (Lipinski definition) is 2. The first-order valence-corrected chi connectivity index (χ1v) is 8.94. The van der Waals surface area contributed by atoms with Crippen molar-refractivity contribution in [3.8, 4) is 11.3 Å². The van der Waals surface area contributed by atoms with Crippen molar-refractivity contribution in [3.63, 3.8) is 0 Å². The number of oxazole rings is 1. The molecule has 0 fully saturated rings. The van der Waals surface area contributed by atoms with Crippen molar-refractivity contribution in [3.05, 3.63) is 40.3 Å². The Bertz CT molecular complexity index is 789. The molecule has 1 aromatic carbocycles. The zero-order valence-electron chi connectivity index (χ0n) is 14.5. The van der Waals surface area contributed by atoms with Crippen LogP contribution < -0.4 is 5.32 Å². The van der Waals surface area contributed by atoms with Crippen molar-refractivity contribution in [2.45, 2.75) is 39.2 Å². The molecule has 0 saturated heterocycles. The summed E-state index contributed by atoms with van der Waals surface area (Å²) in [5.41, 5.74) is 0.655. The van der Waals surface area contributed by atoms with Crippen LogP contribution in [-0.2, 0) is 16.0 Å². The van der Waals surface area contributed by atoms with Gasteiger partial charge in [0.05, 0.1) is 11.2 Å². The highest BCUT2D eigenvalue weighted by molar-refractivity contribution is 6.36. The van der Waals surface area contributed by atoms with Gasteiger partial charge in [0.1, 0.15) is 6.04 Å². The molecule has 2 rings (SSSR count). The van der Waals surface area contributed by atoms with E-state index in [1.54, 1.807) is 18.2 Å². The maximum absolute atomic E-state index is 12.0. The van der Waals surface area contributed by atoms with Gasteiger partial charge in [-0.25, -0.2) is 9.78 Å². The number of carboxylic acid groups (broad SMARTS) is 1. The lowest BCUT2D eigenvalue weighted by atomic mass is 10.0. The van der Waals surface area contributed by atoms with Crippen LogP contribution in [-0.4, -0.2) is 28.0 Å². The molecule has 8 heteroatoms. The summed E-state index contributed by atoms with van der Waals surface area (Å²) in [5, 5.41) is 12.7. The maximum Gasteiger partial charge on any atom is 0.326 e. The third-order valence-electron chi connectivity index (χ3n) is 3.66. The molecule has 0 aliphatic heterocycles. The van der Waals surface area contributed by atoms with Crippen molar-refractivity contribution < 1.29 is 19.1 Å². The molecule has 0 radical (unpaired) electrons. The number of nitrogens with one attached hydrogen (secondary N) is 1. The second-order valence-electron chi connectivity index (χ2n) is 6.33. The Kier molecular flexibility index (Phi) is 7.06. The van der Waals surface area contributed by atoms with Crippen LogP contribution in [0.4, 0.5) is 0 Å². The first-order chi connectivity index (χ1) is 12.3. The van der Waals surface area contributed by atoms with E-state index in [2.05, 4.69) is 10.3 Å². The van der Waals surface area contributed by atoms with Crippen LogP contribution in [0, 0.1) is 5.92 Å². The average molecular weight is 399 g/mol. The number of carboxylic acids is 1. The number of rotatable bonds is 8. The largest absolute Gasteiger partial charge is 0.480 e. The number of halogens is 2. The Hall–Kier alpha value is -2.05. The number of aryl methyl sites for hydroxylation is 1. The first kappa shape index (κ1) is 20.3. The third-order valence-corrected chi connectivity index (χ3v) is 4.20. The molecule has 0 aliphatic carbocycles. The van der Waals surface area contributed by atoms with Gasteiger partial charge in [0.25, 0.3) is 0 Å². The van der Waals surface area contributed by atoms with Gasteiger partial charge in [-0.2, -0.15) is 0 Å². The van der Waals surface area contributed by atoms with Crippen molar-refractivity contribution in [2.24, 2.45) is 5.92 Å². The topological polar surface area (TPSA) is 92.4 Å². The summed E-state index contributed by atoms with van der Waals surface area (Å²) in [6.45, 7) is 3.80. The molecule has 2 aromatic rings. The Morgan fingerprint density at radius 1 is 1.31 bits per heavy atom. The highest BCUT2D eigenvalue weighted by Crippen LogP contribution is 2.30. The Morgan fingerprint density at radius 3 is 2.65 bits per heavy atom. The van der Waals surface area contributed by atoms with Gasteiger partial charge in [0.2, 0.25) is 5.91 Å². The van der Waals surface area contributed by atoms with Gasteiger partial charge < -0.3 is 14.8 Å². The number of carbonyl (C=O) groups excluding carboxylic acids is 1. The zero-order valence-corrected chi connectivity index (χ0v) is 16.0. The molecule has 0 unspecified atom stereocenters. The number of hydrogen-bond acceptors (Lipinski definition) is 4. The smallest absolute Gasteiger partial charge is 0.326 e. The summed E-state index contributed by atoms with van der Waals surface area (Å²) >= 11 is 12.0. The first-order valence-electron chi connectivity index (χ1n) is 8.18. The van der Waals surface area contributed by atoms with E-state index in [0.29, 0.717) is 33.7 Å². The molecule has 1 amide bonds. The summed E-state index contributed by atoms with van der Waals surface area (Å²) < 4.78 is 5.62. The van der Waals surface area contributed by atoms with Gasteiger partial charge in [-0.1, -0.05) is 37.0 Å². The molecular weight excluding hydrogens is 379 g/mol. The summed E-state index contributed by atoms with van der Waals surface area (Å²) in [6, 6.07) is 4.13. The van der Waals surface area contributed by atoms with Crippen molar-refractivity contribution in [1.29, 1.82) is 0 Å². The number of aliphatic carboxylic acids is 1. The molecule has 0 spiro atoms. The van der Waals surface area contributed by atoms with E-state index in [1.165, 1.54) is 6.20 Å². The average Bonchev–Trinajstić information content (AvgIpc) is 3.00. The fourth-order valence-electron chi connectivity index (χ4n) is 2.42. The Labute approximate surface area is 161 Å². The van der Waals surface area contributed by atoms with Gasteiger partial charge >= 0.3 is 5.97 Å². The minimum absolute atomic E-state index is 0.0795. The van der Waals surface area contributed by atoms with Crippen LogP contribution in [0.2, 0.25) is 10.0 Å². The van der Waals surface area contributed by atoms with Crippen LogP contribution in [0.5, 0.6) is 0 Å². The fraction of sp³-hybridized carbons (Fsp3) is 0.389. The van der Waals surface area contributed by atoms with E-state index in [1.807, 2.05) is 13.8 Å². The van der Waals surface area contributed by atoms with Gasteiger partial charge in [-0.3, -0.25) is 4.79 Å². The van der Waals surface area contributed by atoms with E-state index < -0.39 is 12.0 Å². The van der Waals surface area contributed by atoms with Gasteiger partial charge in [0.15, 0.2) is 11.7 Å². The van der Waals surface area contributed by atoms with E-state index >= 15 is 0 Å². The molecule has 1 aromatic heterocycles. The van der Waals surface area contributed by atoms with Crippen LogP contribution in [0.3, 0.4) is 0 Å². The molecular formula is C18H20Cl2N2O4. The minimum Gasteiger partial charge on any atom is -0.480 e. The lowest BCUT2D eigenvalue weighted by Crippen LogP contribution is -2.41. The SMILES string of the molecule is CC(C)C[C@@H](NC(=O)CCc1ncc(-c2ccc(Cl)cc2Cl)o1)C(=O)O. The van der Waals surface area contributed by atoms with Crippen molar-refractivity contribution >= 4 is 35.1 Å². The monoisotopic (exact) mass is 398 g/mol. The number of benzene rings is 1. The molecule has 1 atom stereocenters. The molecule has 6 nitrogen and oxygen atoms in total. The predicted molar refractivity (Wildman–Crippen MR) is 99.3 cm³/mol. The highest BCUT2D eigenvalue weighted by Gasteiger charge is 2.21. The lowest BCUT2D eigenvalue weighted by molar-refractivity contribution is -0.142.